The van der Waals surface area contributed by atoms with Gasteiger partial charge in [0.1, 0.15) is 0 Å². The van der Waals surface area contributed by atoms with Gasteiger partial charge in [-0.15, -0.1) is 0 Å². The van der Waals surface area contributed by atoms with E-state index in [1.165, 1.54) is 6.92 Å². The van der Waals surface area contributed by atoms with E-state index in [0.717, 1.165) is 0 Å². The van der Waals surface area contributed by atoms with Crippen LogP contribution in [-0.4, -0.2) is 28.3 Å². The zero-order valence-electron chi connectivity index (χ0n) is 8.91. The van der Waals surface area contributed by atoms with Crippen molar-refractivity contribution in [1.82, 2.24) is 15.5 Å². The maximum absolute atomic E-state index is 12.0. The normalized spacial score (nSPS) is 13.6. The Balaban J connectivity index is 2.42. The van der Waals surface area contributed by atoms with Crippen molar-refractivity contribution in [3.8, 4) is 0 Å². The second-order valence-corrected chi connectivity index (χ2v) is 3.48. The van der Waals surface area contributed by atoms with Crippen molar-refractivity contribution >= 4 is 5.91 Å². The molecule has 0 spiro atoms. The highest BCUT2D eigenvalue weighted by atomic mass is 19.4. The van der Waals surface area contributed by atoms with E-state index in [-0.39, 0.29) is 18.3 Å². The molecule has 0 aliphatic rings. The minimum Gasteiger partial charge on any atom is -0.361 e. The molecule has 1 atom stereocenters. The van der Waals surface area contributed by atoms with Crippen LogP contribution in [0.4, 0.5) is 13.2 Å². The fraction of sp³-hybridized carbons (Fsp3) is 0.625. The minimum atomic E-state index is -4.23. The summed E-state index contributed by atoms with van der Waals surface area (Å²) in [5.74, 6) is -1.18. The average Bonchev–Trinajstić information content (AvgIpc) is 2.60. The summed E-state index contributed by atoms with van der Waals surface area (Å²) in [7, 11) is 0. The summed E-state index contributed by atoms with van der Waals surface area (Å²) in [4.78, 5) is 14.2. The summed E-state index contributed by atoms with van der Waals surface area (Å²) in [6.45, 7) is 1.34. The Kier molecular flexibility index (Phi) is 4.05. The fourth-order valence-corrected chi connectivity index (χ4v) is 1.11. The number of aromatic nitrogens is 2. The van der Waals surface area contributed by atoms with Crippen LogP contribution in [0.2, 0.25) is 0 Å². The molecule has 1 amide bonds. The molecule has 9 heteroatoms. The number of carbonyl (C=O) groups is 1. The van der Waals surface area contributed by atoms with Crippen molar-refractivity contribution in [3.63, 3.8) is 0 Å². The summed E-state index contributed by atoms with van der Waals surface area (Å²) < 4.78 is 40.4. The van der Waals surface area contributed by atoms with Crippen LogP contribution in [0.25, 0.3) is 0 Å². The maximum atomic E-state index is 12.0. The zero-order chi connectivity index (χ0) is 13.1. The van der Waals surface area contributed by atoms with E-state index >= 15 is 0 Å². The van der Waals surface area contributed by atoms with Gasteiger partial charge in [-0.3, -0.25) is 4.79 Å². The van der Waals surface area contributed by atoms with Gasteiger partial charge < -0.3 is 15.6 Å². The SMILES string of the molecule is C[C@H](CC(F)(F)F)NCc1noc(C(N)=O)n1. The Morgan fingerprint density at radius 2 is 2.24 bits per heavy atom. The summed E-state index contributed by atoms with van der Waals surface area (Å²) in [6.07, 6.45) is -5.20. The van der Waals surface area contributed by atoms with Gasteiger partial charge in [0, 0.05) is 6.04 Å². The van der Waals surface area contributed by atoms with Crippen molar-refractivity contribution in [2.75, 3.05) is 0 Å². The largest absolute Gasteiger partial charge is 0.390 e. The Labute approximate surface area is 94.4 Å². The molecule has 17 heavy (non-hydrogen) atoms. The maximum Gasteiger partial charge on any atom is 0.390 e. The molecule has 3 N–H and O–H groups in total. The number of nitrogens with two attached hydrogens (primary N) is 1. The number of hydrogen-bond acceptors (Lipinski definition) is 5. The standard InChI is InChI=1S/C8H11F3N4O2/c1-4(2-8(9,10)11)13-3-5-14-7(6(12)16)17-15-5/h4,13H,2-3H2,1H3,(H2,12,16)/t4-/m1/s1. The van der Waals surface area contributed by atoms with Gasteiger partial charge in [-0.25, -0.2) is 0 Å². The molecule has 0 unspecified atom stereocenters. The third kappa shape index (κ3) is 4.81. The van der Waals surface area contributed by atoms with Gasteiger partial charge in [0.15, 0.2) is 5.82 Å². The average molecular weight is 252 g/mol. The van der Waals surface area contributed by atoms with E-state index in [0.29, 0.717) is 0 Å². The number of rotatable bonds is 5. The molecule has 1 aromatic rings. The van der Waals surface area contributed by atoms with Crippen molar-refractivity contribution < 1.29 is 22.5 Å². The lowest BCUT2D eigenvalue weighted by molar-refractivity contribution is -0.139. The summed E-state index contributed by atoms with van der Waals surface area (Å²) in [6, 6.07) is -0.787. The van der Waals surface area contributed by atoms with Crippen LogP contribution in [0.5, 0.6) is 0 Å². The molecule has 1 aromatic heterocycles. The van der Waals surface area contributed by atoms with Crippen molar-refractivity contribution in [2.24, 2.45) is 5.73 Å². The highest BCUT2D eigenvalue weighted by molar-refractivity contribution is 5.87. The fourth-order valence-electron chi connectivity index (χ4n) is 1.11. The molecular formula is C8H11F3N4O2. The lowest BCUT2D eigenvalue weighted by Crippen LogP contribution is -2.31. The van der Waals surface area contributed by atoms with Gasteiger partial charge in [0.25, 0.3) is 0 Å². The van der Waals surface area contributed by atoms with E-state index in [2.05, 4.69) is 20.0 Å². The third-order valence-corrected chi connectivity index (χ3v) is 1.83. The number of amides is 1. The summed E-state index contributed by atoms with van der Waals surface area (Å²) in [5.41, 5.74) is 4.86. The molecule has 1 rings (SSSR count). The first-order valence-electron chi connectivity index (χ1n) is 4.70. The van der Waals surface area contributed by atoms with E-state index < -0.39 is 24.5 Å². The van der Waals surface area contributed by atoms with Crippen molar-refractivity contribution in [3.05, 3.63) is 11.7 Å². The Bertz CT molecular complexity index is 390. The number of halogens is 3. The lowest BCUT2D eigenvalue weighted by Gasteiger charge is -2.14. The van der Waals surface area contributed by atoms with Gasteiger partial charge >= 0.3 is 18.0 Å². The van der Waals surface area contributed by atoms with Crippen LogP contribution in [0.15, 0.2) is 4.52 Å². The number of carbonyl (C=O) groups excluding carboxylic acids is 1. The molecule has 0 bridgehead atoms. The van der Waals surface area contributed by atoms with E-state index in [4.69, 9.17) is 5.73 Å². The van der Waals surface area contributed by atoms with E-state index in [9.17, 15) is 18.0 Å². The quantitative estimate of drug-likeness (QED) is 0.800. The first kappa shape index (κ1) is 13.4. The molecule has 0 saturated heterocycles. The Hall–Kier alpha value is -1.64. The Morgan fingerprint density at radius 3 is 2.71 bits per heavy atom. The smallest absolute Gasteiger partial charge is 0.361 e. The number of nitrogens with zero attached hydrogens (tertiary/aromatic N) is 2. The highest BCUT2D eigenvalue weighted by Crippen LogP contribution is 2.21. The minimum absolute atomic E-state index is 0.0337. The first-order chi connectivity index (χ1) is 7.78. The van der Waals surface area contributed by atoms with Gasteiger partial charge in [-0.05, 0) is 6.92 Å². The molecule has 0 aliphatic heterocycles. The topological polar surface area (TPSA) is 94.0 Å². The second kappa shape index (κ2) is 5.13. The van der Waals surface area contributed by atoms with E-state index in [1.54, 1.807) is 0 Å². The summed E-state index contributed by atoms with van der Waals surface area (Å²) >= 11 is 0. The number of hydrogen-bond donors (Lipinski definition) is 2. The van der Waals surface area contributed by atoms with Crippen molar-refractivity contribution in [1.29, 1.82) is 0 Å². The monoisotopic (exact) mass is 252 g/mol. The third-order valence-electron chi connectivity index (χ3n) is 1.83. The number of nitrogens with one attached hydrogen (secondary N) is 1. The number of primary amides is 1. The number of alkyl halides is 3. The molecule has 0 aliphatic carbocycles. The molecule has 0 saturated carbocycles. The molecule has 0 fully saturated rings. The predicted octanol–water partition coefficient (Wildman–Crippen LogP) is 0.599. The van der Waals surface area contributed by atoms with E-state index in [1.807, 2.05) is 0 Å². The van der Waals surface area contributed by atoms with Gasteiger partial charge in [-0.1, -0.05) is 5.16 Å². The van der Waals surface area contributed by atoms with Crippen LogP contribution >= 0.6 is 0 Å². The van der Waals surface area contributed by atoms with Gasteiger partial charge in [-0.2, -0.15) is 18.2 Å². The lowest BCUT2D eigenvalue weighted by atomic mass is 10.2. The summed E-state index contributed by atoms with van der Waals surface area (Å²) in [5, 5.41) is 5.93. The van der Waals surface area contributed by atoms with Crippen LogP contribution < -0.4 is 11.1 Å². The van der Waals surface area contributed by atoms with Crippen LogP contribution in [0.1, 0.15) is 29.9 Å². The molecule has 0 radical (unpaired) electrons. The molecule has 96 valence electrons. The van der Waals surface area contributed by atoms with Gasteiger partial charge in [0.05, 0.1) is 13.0 Å². The predicted molar refractivity (Wildman–Crippen MR) is 49.8 cm³/mol. The van der Waals surface area contributed by atoms with Crippen LogP contribution in [0, 0.1) is 0 Å². The Morgan fingerprint density at radius 1 is 1.59 bits per heavy atom. The molecule has 0 aromatic carbocycles. The van der Waals surface area contributed by atoms with Crippen LogP contribution in [0.3, 0.4) is 0 Å². The zero-order valence-corrected chi connectivity index (χ0v) is 8.91. The molecule has 6 nitrogen and oxygen atoms in total. The second-order valence-electron chi connectivity index (χ2n) is 3.48. The molecule has 1 heterocycles. The van der Waals surface area contributed by atoms with Crippen molar-refractivity contribution in [2.45, 2.75) is 32.1 Å². The first-order valence-corrected chi connectivity index (χ1v) is 4.70. The van der Waals surface area contributed by atoms with Gasteiger partial charge in [0.2, 0.25) is 0 Å². The van der Waals surface area contributed by atoms with Crippen LogP contribution in [-0.2, 0) is 6.54 Å². The highest BCUT2D eigenvalue weighted by Gasteiger charge is 2.29. The molecular weight excluding hydrogens is 241 g/mol.